The first-order valence-electron chi connectivity index (χ1n) is 9.92. The molecule has 0 unspecified atom stereocenters. The van der Waals surface area contributed by atoms with E-state index in [0.29, 0.717) is 11.4 Å². The fourth-order valence-corrected chi connectivity index (χ4v) is 3.63. The summed E-state index contributed by atoms with van der Waals surface area (Å²) >= 11 is 0. The number of hydrogen-bond donors (Lipinski definition) is 10. The van der Waals surface area contributed by atoms with Crippen molar-refractivity contribution < 1.29 is 50.3 Å². The lowest BCUT2D eigenvalue weighted by Gasteiger charge is -2.41. The second-order valence-electron chi connectivity index (χ2n) is 7.82. The Morgan fingerprint density at radius 2 is 1.19 bits per heavy atom. The molecule has 0 aliphatic carbocycles. The zero-order chi connectivity index (χ0) is 22.9. The summed E-state index contributed by atoms with van der Waals surface area (Å²) < 4.78 is 10.9. The molecule has 12 heteroatoms. The largest absolute Gasteiger partial charge is 0.394 e. The van der Waals surface area contributed by atoms with E-state index in [1.165, 1.54) is 0 Å². The number of nitrogens with one attached hydrogen (secondary N) is 2. The molecule has 31 heavy (non-hydrogen) atoms. The Kier molecular flexibility index (Phi) is 7.70. The van der Waals surface area contributed by atoms with Crippen LogP contribution < -0.4 is 10.6 Å². The lowest BCUT2D eigenvalue weighted by Crippen LogP contribution is -2.60. The molecule has 10 N–H and O–H groups in total. The van der Waals surface area contributed by atoms with Gasteiger partial charge in [0, 0.05) is 11.4 Å². The van der Waals surface area contributed by atoms with Gasteiger partial charge in [0.25, 0.3) is 0 Å². The predicted octanol–water partition coefficient (Wildman–Crippen LogP) is -3.58. The lowest BCUT2D eigenvalue weighted by atomic mass is 9.98. The van der Waals surface area contributed by atoms with Crippen molar-refractivity contribution in [3.05, 3.63) is 23.8 Å². The Balaban J connectivity index is 1.74. The van der Waals surface area contributed by atoms with Gasteiger partial charge in [0.05, 0.1) is 13.2 Å². The molecule has 1 aromatic rings. The molecule has 0 saturated carbocycles. The summed E-state index contributed by atoms with van der Waals surface area (Å²) in [6.07, 6.45) is -13.3. The molecule has 10 atom stereocenters. The highest BCUT2D eigenvalue weighted by Crippen LogP contribution is 2.28. The fourth-order valence-electron chi connectivity index (χ4n) is 3.63. The molecule has 0 bridgehead atoms. The minimum Gasteiger partial charge on any atom is -0.394 e. The smallest absolute Gasteiger partial charge is 0.157 e. The average Bonchev–Trinajstić information content (AvgIpc) is 2.76. The summed E-state index contributed by atoms with van der Waals surface area (Å²) in [7, 11) is 0. The predicted molar refractivity (Wildman–Crippen MR) is 106 cm³/mol. The fraction of sp³-hybridized carbons (Fsp3) is 0.684. The molecule has 1 aromatic carbocycles. The van der Waals surface area contributed by atoms with Crippen molar-refractivity contribution in [3.63, 3.8) is 0 Å². The van der Waals surface area contributed by atoms with Crippen LogP contribution in [0.4, 0.5) is 11.4 Å². The van der Waals surface area contributed by atoms with Crippen LogP contribution in [0.3, 0.4) is 0 Å². The summed E-state index contributed by atoms with van der Waals surface area (Å²) in [6, 6.07) is 4.96. The van der Waals surface area contributed by atoms with Gasteiger partial charge in [0.2, 0.25) is 0 Å². The number of anilines is 2. The summed E-state index contributed by atoms with van der Waals surface area (Å²) in [5, 5.41) is 84.5. The van der Waals surface area contributed by atoms with Crippen molar-refractivity contribution in [2.75, 3.05) is 23.8 Å². The van der Waals surface area contributed by atoms with E-state index in [1.54, 1.807) is 25.1 Å². The van der Waals surface area contributed by atoms with Crippen molar-refractivity contribution in [3.8, 4) is 0 Å². The van der Waals surface area contributed by atoms with E-state index in [2.05, 4.69) is 10.6 Å². The normalized spacial score (nSPS) is 41.1. The zero-order valence-electron chi connectivity index (χ0n) is 16.8. The monoisotopic (exact) mass is 446 g/mol. The van der Waals surface area contributed by atoms with Crippen LogP contribution in [0.2, 0.25) is 0 Å². The maximum absolute atomic E-state index is 10.2. The third-order valence-corrected chi connectivity index (χ3v) is 5.63. The minimum atomic E-state index is -1.53. The van der Waals surface area contributed by atoms with Crippen molar-refractivity contribution >= 4 is 11.4 Å². The van der Waals surface area contributed by atoms with Crippen LogP contribution in [0.5, 0.6) is 0 Å². The van der Waals surface area contributed by atoms with E-state index < -0.39 is 74.5 Å². The van der Waals surface area contributed by atoms with Gasteiger partial charge in [-0.15, -0.1) is 0 Å². The number of ether oxygens (including phenoxy) is 2. The van der Waals surface area contributed by atoms with Crippen LogP contribution in [0, 0.1) is 6.92 Å². The molecule has 0 spiro atoms. The highest BCUT2D eigenvalue weighted by Gasteiger charge is 2.44. The van der Waals surface area contributed by atoms with Crippen molar-refractivity contribution in [1.29, 1.82) is 0 Å². The third-order valence-electron chi connectivity index (χ3n) is 5.63. The molecule has 2 aliphatic rings. The first-order chi connectivity index (χ1) is 14.7. The quantitative estimate of drug-likeness (QED) is 0.206. The van der Waals surface area contributed by atoms with Gasteiger partial charge in [-0.05, 0) is 24.6 Å². The van der Waals surface area contributed by atoms with E-state index in [1.807, 2.05) is 0 Å². The first kappa shape index (κ1) is 24.1. The van der Waals surface area contributed by atoms with Crippen molar-refractivity contribution in [2.45, 2.75) is 68.2 Å². The highest BCUT2D eigenvalue weighted by atomic mass is 16.6. The van der Waals surface area contributed by atoms with Gasteiger partial charge in [-0.2, -0.15) is 0 Å². The van der Waals surface area contributed by atoms with E-state index in [4.69, 9.17) is 9.47 Å². The van der Waals surface area contributed by atoms with Crippen molar-refractivity contribution in [1.82, 2.24) is 0 Å². The lowest BCUT2D eigenvalue weighted by molar-refractivity contribution is -0.221. The molecular weight excluding hydrogens is 416 g/mol. The van der Waals surface area contributed by atoms with E-state index in [-0.39, 0.29) is 0 Å². The first-order valence-corrected chi connectivity index (χ1v) is 9.92. The maximum atomic E-state index is 10.2. The maximum Gasteiger partial charge on any atom is 0.157 e. The number of benzene rings is 1. The number of aryl methyl sites for hydroxylation is 1. The summed E-state index contributed by atoms with van der Waals surface area (Å²) in [5.41, 5.74) is 1.64. The minimum absolute atomic E-state index is 0.432. The molecule has 2 heterocycles. The van der Waals surface area contributed by atoms with Crippen LogP contribution in [0.1, 0.15) is 5.56 Å². The second-order valence-corrected chi connectivity index (χ2v) is 7.82. The summed E-state index contributed by atoms with van der Waals surface area (Å²) in [4.78, 5) is 0. The number of rotatable bonds is 6. The van der Waals surface area contributed by atoms with Crippen LogP contribution in [-0.4, -0.2) is 115 Å². The Bertz CT molecular complexity index is 736. The molecule has 2 aliphatic heterocycles. The van der Waals surface area contributed by atoms with Crippen molar-refractivity contribution in [2.24, 2.45) is 0 Å². The molecule has 12 nitrogen and oxygen atoms in total. The molecule has 2 saturated heterocycles. The van der Waals surface area contributed by atoms with E-state index >= 15 is 0 Å². The van der Waals surface area contributed by atoms with Gasteiger partial charge in [-0.3, -0.25) is 0 Å². The molecule has 2 fully saturated rings. The molecule has 0 aromatic heterocycles. The topological polar surface area (TPSA) is 204 Å². The SMILES string of the molecule is Cc1ccc(N[C@@H]2O[C@H](CO)[C@H](O)[C@H](O)[C@@H]2O)cc1N[C@@H]1O[C@H](CO)[C@H](O)[C@@H](O)[C@@H]1O. The summed E-state index contributed by atoms with van der Waals surface area (Å²) in [5.74, 6) is 0. The van der Waals surface area contributed by atoms with Crippen LogP contribution >= 0.6 is 0 Å². The standard InChI is InChI=1S/C19H30N2O10/c1-7-2-3-8(20-18-16(28)14(26)12(24)10(5-22)30-18)4-9(7)21-19-17(29)15(27)13(25)11(6-23)31-19/h2-4,10-29H,5-6H2,1H3/t10-,11-,12+,13+,14+,15-,16+,17+,18-,19-/m1/s1. The third kappa shape index (κ3) is 4.93. The van der Waals surface area contributed by atoms with Crippen LogP contribution in [0.15, 0.2) is 18.2 Å². The Labute approximate surface area is 178 Å². The van der Waals surface area contributed by atoms with Gasteiger partial charge < -0.3 is 61.0 Å². The van der Waals surface area contributed by atoms with E-state index in [0.717, 1.165) is 5.56 Å². The second kappa shape index (κ2) is 9.92. The number of aliphatic hydroxyl groups is 8. The van der Waals surface area contributed by atoms with Gasteiger partial charge in [0.1, 0.15) is 48.8 Å². The highest BCUT2D eigenvalue weighted by molar-refractivity contribution is 5.61. The van der Waals surface area contributed by atoms with Crippen LogP contribution in [0.25, 0.3) is 0 Å². The Hall–Kier alpha value is -1.58. The van der Waals surface area contributed by atoms with Crippen LogP contribution in [-0.2, 0) is 9.47 Å². The zero-order valence-corrected chi connectivity index (χ0v) is 16.8. The Morgan fingerprint density at radius 3 is 1.68 bits per heavy atom. The molecule has 176 valence electrons. The Morgan fingerprint density at radius 1 is 0.710 bits per heavy atom. The van der Waals surface area contributed by atoms with E-state index in [9.17, 15) is 40.9 Å². The molecule has 0 amide bonds. The summed E-state index contributed by atoms with van der Waals surface area (Å²) in [6.45, 7) is 0.658. The van der Waals surface area contributed by atoms with Gasteiger partial charge in [-0.1, -0.05) is 6.07 Å². The number of hydrogen-bond acceptors (Lipinski definition) is 12. The van der Waals surface area contributed by atoms with Gasteiger partial charge in [-0.25, -0.2) is 0 Å². The number of aliphatic hydroxyl groups excluding tert-OH is 8. The van der Waals surface area contributed by atoms with Gasteiger partial charge in [0.15, 0.2) is 12.5 Å². The molecule has 0 radical (unpaired) electrons. The average molecular weight is 446 g/mol. The molecular formula is C19H30N2O10. The molecule has 3 rings (SSSR count). The van der Waals surface area contributed by atoms with Gasteiger partial charge >= 0.3 is 0 Å².